The largest absolute Gasteiger partial charge is 0.481 e. The molecule has 0 fully saturated rings. The van der Waals surface area contributed by atoms with Crippen molar-refractivity contribution in [1.29, 1.82) is 0 Å². The van der Waals surface area contributed by atoms with Crippen molar-refractivity contribution in [3.63, 3.8) is 0 Å². The first kappa shape index (κ1) is 10.5. The first-order valence-electron chi connectivity index (χ1n) is 4.88. The van der Waals surface area contributed by atoms with Crippen molar-refractivity contribution in [3.8, 4) is 0 Å². The van der Waals surface area contributed by atoms with Crippen molar-refractivity contribution in [1.82, 2.24) is 0 Å². The maximum atomic E-state index is 11.2. The van der Waals surface area contributed by atoms with Crippen LogP contribution >= 0.6 is 11.8 Å². The summed E-state index contributed by atoms with van der Waals surface area (Å²) in [6.45, 7) is 1.93. The second-order valence-corrected chi connectivity index (χ2v) is 5.12. The lowest BCUT2D eigenvalue weighted by atomic mass is 9.90. The quantitative estimate of drug-likeness (QED) is 0.805. The normalized spacial score (nSPS) is 28.8. The fourth-order valence-electron chi connectivity index (χ4n) is 1.96. The second kappa shape index (κ2) is 3.54. The molecular formula is C11H13NO2S. The van der Waals surface area contributed by atoms with Crippen LogP contribution in [0.1, 0.15) is 24.8 Å². The lowest BCUT2D eigenvalue weighted by Gasteiger charge is -2.26. The molecule has 1 aromatic carbocycles. The molecule has 0 amide bonds. The lowest BCUT2D eigenvalue weighted by molar-refractivity contribution is -0.139. The van der Waals surface area contributed by atoms with Gasteiger partial charge < -0.3 is 10.8 Å². The van der Waals surface area contributed by atoms with Crippen LogP contribution in [0.5, 0.6) is 0 Å². The predicted molar refractivity (Wildman–Crippen MR) is 59.9 cm³/mol. The Hall–Kier alpha value is -1.00. The zero-order valence-corrected chi connectivity index (χ0v) is 9.25. The molecule has 2 atom stereocenters. The van der Waals surface area contributed by atoms with Gasteiger partial charge in [0, 0.05) is 4.90 Å². The highest BCUT2D eigenvalue weighted by Crippen LogP contribution is 2.51. The zero-order valence-electron chi connectivity index (χ0n) is 8.43. The third-order valence-corrected chi connectivity index (χ3v) is 4.31. The average Bonchev–Trinajstić information content (AvgIpc) is 2.50. The van der Waals surface area contributed by atoms with Gasteiger partial charge in [0.2, 0.25) is 0 Å². The van der Waals surface area contributed by atoms with E-state index in [0.717, 1.165) is 10.5 Å². The Balaban J connectivity index is 2.52. The summed E-state index contributed by atoms with van der Waals surface area (Å²) < 4.78 is 0. The van der Waals surface area contributed by atoms with Crippen LogP contribution in [0.2, 0.25) is 0 Å². The van der Waals surface area contributed by atoms with Gasteiger partial charge in [-0.15, -0.1) is 11.8 Å². The Bertz CT molecular complexity index is 407. The first-order valence-corrected chi connectivity index (χ1v) is 5.70. The Morgan fingerprint density at radius 3 is 2.87 bits per heavy atom. The van der Waals surface area contributed by atoms with Crippen LogP contribution in [0.25, 0.3) is 0 Å². The van der Waals surface area contributed by atoms with Crippen molar-refractivity contribution < 1.29 is 9.90 Å². The van der Waals surface area contributed by atoms with Gasteiger partial charge in [-0.1, -0.05) is 25.1 Å². The van der Waals surface area contributed by atoms with E-state index in [0.29, 0.717) is 6.42 Å². The van der Waals surface area contributed by atoms with Crippen LogP contribution < -0.4 is 5.73 Å². The summed E-state index contributed by atoms with van der Waals surface area (Å²) in [7, 11) is 0. The van der Waals surface area contributed by atoms with Crippen molar-refractivity contribution in [2.45, 2.75) is 29.0 Å². The molecule has 15 heavy (non-hydrogen) atoms. The van der Waals surface area contributed by atoms with E-state index in [1.165, 1.54) is 11.8 Å². The van der Waals surface area contributed by atoms with Gasteiger partial charge in [-0.05, 0) is 18.1 Å². The summed E-state index contributed by atoms with van der Waals surface area (Å²) in [6.07, 6.45) is 0.642. The molecule has 0 saturated heterocycles. The number of fused-ring (bicyclic) bond motifs is 1. The highest BCUT2D eigenvalue weighted by atomic mass is 32.2. The Kier molecular flexibility index (Phi) is 2.48. The van der Waals surface area contributed by atoms with Crippen molar-refractivity contribution in [3.05, 3.63) is 29.8 Å². The molecule has 1 aliphatic heterocycles. The monoisotopic (exact) mass is 223 g/mol. The standard InChI is InChI=1S/C11H13NO2S/c1-2-11(12)9(10(13)14)7-5-3-4-6-8(7)15-11/h3-6,9H,2,12H2,1H3,(H,13,14). The molecule has 4 heteroatoms. The molecule has 0 spiro atoms. The molecule has 1 heterocycles. The number of benzene rings is 1. The van der Waals surface area contributed by atoms with E-state index in [1.54, 1.807) is 0 Å². The highest BCUT2D eigenvalue weighted by Gasteiger charge is 2.47. The number of hydrogen-bond donors (Lipinski definition) is 2. The van der Waals surface area contributed by atoms with Crippen LogP contribution in [0.15, 0.2) is 29.2 Å². The molecule has 3 nitrogen and oxygen atoms in total. The molecule has 2 unspecified atom stereocenters. The summed E-state index contributed by atoms with van der Waals surface area (Å²) in [6, 6.07) is 7.55. The van der Waals surface area contributed by atoms with E-state index in [9.17, 15) is 9.90 Å². The van der Waals surface area contributed by atoms with Crippen LogP contribution in [0.4, 0.5) is 0 Å². The molecule has 0 aromatic heterocycles. The lowest BCUT2D eigenvalue weighted by Crippen LogP contribution is -2.42. The van der Waals surface area contributed by atoms with Crippen molar-refractivity contribution in [2.24, 2.45) is 5.73 Å². The van der Waals surface area contributed by atoms with Gasteiger partial charge in [-0.2, -0.15) is 0 Å². The van der Waals surface area contributed by atoms with E-state index in [-0.39, 0.29) is 0 Å². The minimum Gasteiger partial charge on any atom is -0.481 e. The van der Waals surface area contributed by atoms with Gasteiger partial charge in [-0.25, -0.2) is 0 Å². The van der Waals surface area contributed by atoms with Gasteiger partial charge in [0.25, 0.3) is 0 Å². The highest BCUT2D eigenvalue weighted by molar-refractivity contribution is 8.01. The Morgan fingerprint density at radius 1 is 1.60 bits per heavy atom. The smallest absolute Gasteiger partial charge is 0.313 e. The number of thioether (sulfide) groups is 1. The average molecular weight is 223 g/mol. The minimum absolute atomic E-state index is 0.594. The minimum atomic E-state index is -0.836. The summed E-state index contributed by atoms with van der Waals surface area (Å²) in [5, 5.41) is 9.23. The molecule has 80 valence electrons. The number of rotatable bonds is 2. The summed E-state index contributed by atoms with van der Waals surface area (Å²) >= 11 is 1.47. The Labute approximate surface area is 92.7 Å². The van der Waals surface area contributed by atoms with E-state index in [4.69, 9.17) is 5.73 Å². The molecule has 0 aliphatic carbocycles. The molecule has 2 rings (SSSR count). The number of aliphatic carboxylic acids is 1. The maximum Gasteiger partial charge on any atom is 0.313 e. The fourth-order valence-corrected chi connectivity index (χ4v) is 3.31. The summed E-state index contributed by atoms with van der Waals surface area (Å²) in [5.41, 5.74) is 6.98. The third kappa shape index (κ3) is 1.54. The SMILES string of the molecule is CCC1(N)Sc2ccccc2C1C(=O)O. The number of hydrogen-bond acceptors (Lipinski definition) is 3. The van der Waals surface area contributed by atoms with Gasteiger partial charge in [0.1, 0.15) is 5.92 Å². The molecular weight excluding hydrogens is 210 g/mol. The number of carboxylic acid groups (broad SMARTS) is 1. The van der Waals surface area contributed by atoms with E-state index < -0.39 is 16.8 Å². The predicted octanol–water partition coefficient (Wildman–Crippen LogP) is 2.03. The summed E-state index contributed by atoms with van der Waals surface area (Å²) in [4.78, 5) is 11.5. The molecule has 3 N–H and O–H groups in total. The fraction of sp³-hybridized carbons (Fsp3) is 0.364. The van der Waals surface area contributed by atoms with Gasteiger partial charge in [0.05, 0.1) is 4.87 Å². The number of carbonyl (C=O) groups is 1. The number of nitrogens with two attached hydrogens (primary N) is 1. The van der Waals surface area contributed by atoms with Gasteiger partial charge in [0.15, 0.2) is 0 Å². The molecule has 0 radical (unpaired) electrons. The van der Waals surface area contributed by atoms with Crippen molar-refractivity contribution >= 4 is 17.7 Å². The topological polar surface area (TPSA) is 63.3 Å². The van der Waals surface area contributed by atoms with E-state index >= 15 is 0 Å². The van der Waals surface area contributed by atoms with Gasteiger partial charge in [-0.3, -0.25) is 4.79 Å². The third-order valence-electron chi connectivity index (χ3n) is 2.82. The maximum absolute atomic E-state index is 11.2. The molecule has 1 aromatic rings. The van der Waals surface area contributed by atoms with E-state index in [1.807, 2.05) is 31.2 Å². The van der Waals surface area contributed by atoms with Crippen LogP contribution in [-0.4, -0.2) is 15.9 Å². The summed E-state index contributed by atoms with van der Waals surface area (Å²) in [5.74, 6) is -1.43. The zero-order chi connectivity index (χ0) is 11.1. The number of carboxylic acids is 1. The molecule has 0 bridgehead atoms. The molecule has 1 aliphatic rings. The Morgan fingerprint density at radius 2 is 2.27 bits per heavy atom. The van der Waals surface area contributed by atoms with Crippen LogP contribution in [0.3, 0.4) is 0 Å². The van der Waals surface area contributed by atoms with Crippen LogP contribution in [0, 0.1) is 0 Å². The van der Waals surface area contributed by atoms with E-state index in [2.05, 4.69) is 0 Å². The van der Waals surface area contributed by atoms with Crippen molar-refractivity contribution in [2.75, 3.05) is 0 Å². The van der Waals surface area contributed by atoms with Gasteiger partial charge >= 0.3 is 5.97 Å². The second-order valence-electron chi connectivity index (χ2n) is 3.72. The molecule has 0 saturated carbocycles. The first-order chi connectivity index (χ1) is 7.08. The van der Waals surface area contributed by atoms with Crippen LogP contribution in [-0.2, 0) is 4.79 Å².